The van der Waals surface area contributed by atoms with Gasteiger partial charge in [0.15, 0.2) is 5.76 Å². The van der Waals surface area contributed by atoms with Crippen molar-refractivity contribution in [3.63, 3.8) is 0 Å². The largest absolute Gasteiger partial charge is 1.00 e. The number of hydrogen-bond acceptors (Lipinski definition) is 7. The molecule has 2 heterocycles. The monoisotopic (exact) mass is 567 g/mol. The topological polar surface area (TPSA) is 108 Å². The molecule has 8 nitrogen and oxygen atoms in total. The summed E-state index contributed by atoms with van der Waals surface area (Å²) in [4.78, 5) is 26.0. The standard InChI is InChI=1S/C30H28ClN3O5.Na/c1-18-27(32-30(37)38-19(2)24-6-3-4-7-25(24)31)28(39-33-18)22-11-9-20(10-12-22)21-13-15-23(16-14-21)34-17-5-8-26(34)29(35)36;/h3-4,6-7,9-16,19,26H,5,8,17H2,1-2H3,(H,32,37)(H,35,36);/q;+1/p-1/t19-,26?;/m1./s1. The third kappa shape index (κ3) is 6.36. The van der Waals surface area contributed by atoms with Gasteiger partial charge in [-0.15, -0.1) is 0 Å². The SMILES string of the molecule is Cc1noc(-c2ccc(-c3ccc(N4CCCC4C(=O)[O-])cc3)cc2)c1NC(=O)O[C@H](C)c1ccccc1Cl.[Na+]. The Bertz CT molecular complexity index is 1490. The van der Waals surface area contributed by atoms with E-state index in [4.69, 9.17) is 20.9 Å². The molecule has 40 heavy (non-hydrogen) atoms. The summed E-state index contributed by atoms with van der Waals surface area (Å²) in [6.07, 6.45) is 0.232. The van der Waals surface area contributed by atoms with Gasteiger partial charge in [-0.25, -0.2) is 4.79 Å². The number of anilines is 2. The molecule has 3 aromatic carbocycles. The number of nitrogens with zero attached hydrogens (tertiary/aromatic N) is 2. The van der Waals surface area contributed by atoms with Crippen molar-refractivity contribution in [2.45, 2.75) is 38.8 Å². The average molecular weight is 568 g/mol. The maximum atomic E-state index is 12.7. The number of halogens is 1. The van der Waals surface area contributed by atoms with Crippen molar-refractivity contribution < 1.29 is 53.5 Å². The smallest absolute Gasteiger partial charge is 0.548 e. The first-order chi connectivity index (χ1) is 18.8. The van der Waals surface area contributed by atoms with Crippen LogP contribution in [-0.4, -0.2) is 29.8 Å². The first-order valence-electron chi connectivity index (χ1n) is 12.7. The molecule has 1 fully saturated rings. The summed E-state index contributed by atoms with van der Waals surface area (Å²) in [5.74, 6) is -0.619. The second-order valence-corrected chi connectivity index (χ2v) is 9.87. The minimum Gasteiger partial charge on any atom is -0.548 e. The van der Waals surface area contributed by atoms with Crippen LogP contribution in [0.15, 0.2) is 77.3 Å². The van der Waals surface area contributed by atoms with Gasteiger partial charge in [0.1, 0.15) is 17.5 Å². The molecule has 1 aromatic heterocycles. The molecule has 5 rings (SSSR count). The van der Waals surface area contributed by atoms with Gasteiger partial charge in [0, 0.05) is 28.4 Å². The Morgan fingerprint density at radius 2 is 1.68 bits per heavy atom. The zero-order valence-corrected chi connectivity index (χ0v) is 25.3. The number of hydrogen-bond donors (Lipinski definition) is 1. The molecule has 0 spiro atoms. The molecular weight excluding hydrogens is 541 g/mol. The number of benzene rings is 3. The fourth-order valence-electron chi connectivity index (χ4n) is 4.85. The van der Waals surface area contributed by atoms with E-state index in [0.29, 0.717) is 40.7 Å². The molecular formula is C30H27ClN3NaO5. The summed E-state index contributed by atoms with van der Waals surface area (Å²) in [7, 11) is 0. The number of amides is 1. The summed E-state index contributed by atoms with van der Waals surface area (Å²) >= 11 is 6.22. The van der Waals surface area contributed by atoms with Gasteiger partial charge in [0.25, 0.3) is 0 Å². The zero-order chi connectivity index (χ0) is 27.5. The molecule has 1 saturated heterocycles. The van der Waals surface area contributed by atoms with Crippen LogP contribution in [0.2, 0.25) is 5.02 Å². The van der Waals surface area contributed by atoms with Gasteiger partial charge in [-0.05, 0) is 56.0 Å². The molecule has 1 N–H and O–H groups in total. The predicted octanol–water partition coefficient (Wildman–Crippen LogP) is 3.00. The quantitative estimate of drug-likeness (QED) is 0.342. The van der Waals surface area contributed by atoms with Crippen LogP contribution < -0.4 is 44.9 Å². The molecule has 1 aliphatic heterocycles. The zero-order valence-electron chi connectivity index (χ0n) is 22.5. The molecule has 0 aliphatic carbocycles. The first kappa shape index (κ1) is 29.7. The Morgan fingerprint density at radius 3 is 2.33 bits per heavy atom. The van der Waals surface area contributed by atoms with Crippen molar-refractivity contribution in [2.75, 3.05) is 16.8 Å². The average Bonchev–Trinajstić information content (AvgIpc) is 3.57. The van der Waals surface area contributed by atoms with Gasteiger partial charge in [-0.3, -0.25) is 5.32 Å². The number of nitrogens with one attached hydrogen (secondary N) is 1. The molecule has 10 heteroatoms. The third-order valence-electron chi connectivity index (χ3n) is 6.92. The van der Waals surface area contributed by atoms with E-state index in [1.807, 2.05) is 71.6 Å². The minimum absolute atomic E-state index is 0. The van der Waals surface area contributed by atoms with Gasteiger partial charge in [-0.2, -0.15) is 0 Å². The summed E-state index contributed by atoms with van der Waals surface area (Å²) < 4.78 is 11.1. The Morgan fingerprint density at radius 1 is 1.05 bits per heavy atom. The number of carboxylic acid groups (broad SMARTS) is 1. The number of aryl methyl sites for hydroxylation is 1. The van der Waals surface area contributed by atoms with Gasteiger partial charge in [0.2, 0.25) is 0 Å². The Kier molecular flexibility index (Phi) is 9.58. The molecule has 1 aliphatic rings. The van der Waals surface area contributed by atoms with Gasteiger partial charge >= 0.3 is 35.7 Å². The Labute approximate surface area is 259 Å². The Balaban J connectivity index is 0.00000370. The van der Waals surface area contributed by atoms with Gasteiger partial charge in [-0.1, -0.05) is 71.4 Å². The van der Waals surface area contributed by atoms with E-state index in [2.05, 4.69) is 10.5 Å². The summed E-state index contributed by atoms with van der Waals surface area (Å²) in [5.41, 5.74) is 5.21. The molecule has 0 radical (unpaired) electrons. The number of rotatable bonds is 7. The van der Waals surface area contributed by atoms with E-state index in [1.165, 1.54) is 0 Å². The van der Waals surface area contributed by atoms with E-state index in [1.54, 1.807) is 19.9 Å². The van der Waals surface area contributed by atoms with Crippen molar-refractivity contribution in [3.8, 4) is 22.5 Å². The van der Waals surface area contributed by atoms with E-state index in [-0.39, 0.29) is 29.6 Å². The molecule has 1 unspecified atom stereocenters. The second-order valence-electron chi connectivity index (χ2n) is 9.46. The fourth-order valence-corrected chi connectivity index (χ4v) is 5.14. The number of carbonyl (C=O) groups is 2. The molecule has 4 aromatic rings. The number of carbonyl (C=O) groups excluding carboxylic acids is 2. The Hall–Kier alpha value is -3.30. The van der Waals surface area contributed by atoms with E-state index in [9.17, 15) is 14.7 Å². The summed E-state index contributed by atoms with van der Waals surface area (Å²) in [6.45, 7) is 4.19. The first-order valence-corrected chi connectivity index (χ1v) is 13.1. The molecule has 2 atom stereocenters. The van der Waals surface area contributed by atoms with Crippen LogP contribution >= 0.6 is 11.6 Å². The van der Waals surface area contributed by atoms with E-state index in [0.717, 1.165) is 28.8 Å². The van der Waals surface area contributed by atoms with Crippen LogP contribution in [0.25, 0.3) is 22.5 Å². The van der Waals surface area contributed by atoms with Crippen LogP contribution in [0.1, 0.15) is 37.1 Å². The van der Waals surface area contributed by atoms with Crippen molar-refractivity contribution >= 4 is 35.0 Å². The predicted molar refractivity (Wildman–Crippen MR) is 147 cm³/mol. The number of aliphatic carboxylic acids is 1. The molecule has 0 bridgehead atoms. The van der Waals surface area contributed by atoms with E-state index < -0.39 is 24.2 Å². The summed E-state index contributed by atoms with van der Waals surface area (Å²) in [5, 5.41) is 18.7. The van der Waals surface area contributed by atoms with Crippen LogP contribution in [-0.2, 0) is 9.53 Å². The maximum absolute atomic E-state index is 12.7. The number of aromatic nitrogens is 1. The van der Waals surface area contributed by atoms with Crippen LogP contribution in [0.3, 0.4) is 0 Å². The normalized spacial score (nSPS) is 15.3. The second kappa shape index (κ2) is 12.9. The van der Waals surface area contributed by atoms with E-state index >= 15 is 0 Å². The maximum Gasteiger partial charge on any atom is 1.00 e. The van der Waals surface area contributed by atoms with Crippen LogP contribution in [0, 0.1) is 6.92 Å². The van der Waals surface area contributed by atoms with Crippen molar-refractivity contribution in [3.05, 3.63) is 89.1 Å². The molecule has 0 saturated carbocycles. The molecule has 200 valence electrons. The number of ether oxygens (including phenoxy) is 1. The van der Waals surface area contributed by atoms with Crippen LogP contribution in [0.5, 0.6) is 0 Å². The van der Waals surface area contributed by atoms with Crippen molar-refractivity contribution in [1.29, 1.82) is 0 Å². The third-order valence-corrected chi connectivity index (χ3v) is 7.27. The minimum atomic E-state index is -1.04. The fraction of sp³-hybridized carbons (Fsp3) is 0.233. The van der Waals surface area contributed by atoms with Gasteiger partial charge in [0.05, 0.1) is 12.0 Å². The van der Waals surface area contributed by atoms with Crippen molar-refractivity contribution in [2.24, 2.45) is 0 Å². The number of carboxylic acids is 1. The van der Waals surface area contributed by atoms with Crippen LogP contribution in [0.4, 0.5) is 16.2 Å². The molecule has 1 amide bonds. The summed E-state index contributed by atoms with van der Waals surface area (Å²) in [6, 6.07) is 22.1. The van der Waals surface area contributed by atoms with Gasteiger partial charge < -0.3 is 24.1 Å². The van der Waals surface area contributed by atoms with Crippen molar-refractivity contribution in [1.82, 2.24) is 5.16 Å².